The van der Waals surface area contributed by atoms with Gasteiger partial charge >= 0.3 is 0 Å². The van der Waals surface area contributed by atoms with E-state index in [1.165, 1.54) is 24.3 Å². The molecule has 3 aliphatic rings. The Labute approximate surface area is 131 Å². The molecule has 1 heterocycles. The van der Waals surface area contributed by atoms with E-state index in [1.54, 1.807) is 18.2 Å². The zero-order chi connectivity index (χ0) is 16.0. The molecule has 1 N–H and O–H groups in total. The number of halogens is 2. The van der Waals surface area contributed by atoms with E-state index in [1.807, 2.05) is 18.2 Å². The monoisotopic (exact) mass is 307 g/mol. The lowest BCUT2D eigenvalue weighted by Gasteiger charge is -1.98. The van der Waals surface area contributed by atoms with Crippen molar-refractivity contribution in [2.45, 2.75) is 0 Å². The molecule has 0 radical (unpaired) electrons. The van der Waals surface area contributed by atoms with Crippen LogP contribution >= 0.6 is 0 Å². The summed E-state index contributed by atoms with van der Waals surface area (Å²) in [5, 5.41) is 2.66. The molecule has 112 valence electrons. The highest BCUT2D eigenvalue weighted by atomic mass is 19.1. The topological polar surface area (TPSA) is 29.1 Å². The molecule has 1 aromatic rings. The smallest absolute Gasteiger partial charge is 0.256 e. The minimum atomic E-state index is -0.439. The molecule has 0 aromatic heterocycles. The predicted molar refractivity (Wildman–Crippen MR) is 85.9 cm³/mol. The highest BCUT2D eigenvalue weighted by molar-refractivity contribution is 6.35. The standard InChI is InChI=1S/C19H11F2NO/c20-13-6-7-17-15(10-13)16(19(23)22-17)9-12-8-11-4-2-1-3-5-14(11)18(12)21/h1-10H,(H,22,23). The molecule has 0 spiro atoms. The number of hydrogen-bond acceptors (Lipinski definition) is 1. The average molecular weight is 307 g/mol. The molecule has 1 amide bonds. The van der Waals surface area contributed by atoms with Crippen LogP contribution in [0.2, 0.25) is 0 Å². The number of benzene rings is 1. The first-order valence-corrected chi connectivity index (χ1v) is 7.14. The second kappa shape index (κ2) is 5.02. The van der Waals surface area contributed by atoms with Gasteiger partial charge in [0.05, 0.1) is 0 Å². The second-order valence-electron chi connectivity index (χ2n) is 5.40. The fraction of sp³-hybridized carbons (Fsp3) is 0. The third-order valence-corrected chi connectivity index (χ3v) is 3.94. The van der Waals surface area contributed by atoms with E-state index in [0.717, 1.165) is 5.56 Å². The van der Waals surface area contributed by atoms with Crippen molar-refractivity contribution in [1.29, 1.82) is 0 Å². The molecule has 4 rings (SSSR count). The Balaban J connectivity index is 1.90. The highest BCUT2D eigenvalue weighted by Crippen LogP contribution is 2.36. The van der Waals surface area contributed by atoms with E-state index < -0.39 is 5.82 Å². The summed E-state index contributed by atoms with van der Waals surface area (Å²) < 4.78 is 28.0. The summed E-state index contributed by atoms with van der Waals surface area (Å²) in [6.45, 7) is 0. The van der Waals surface area contributed by atoms with Crippen molar-refractivity contribution < 1.29 is 13.6 Å². The summed E-state index contributed by atoms with van der Waals surface area (Å²) in [6.07, 6.45) is 1.47. The fourth-order valence-corrected chi connectivity index (χ4v) is 2.84. The lowest BCUT2D eigenvalue weighted by molar-refractivity contribution is -0.110. The number of carbonyl (C=O) groups is 1. The van der Waals surface area contributed by atoms with E-state index in [-0.39, 0.29) is 17.3 Å². The predicted octanol–water partition coefficient (Wildman–Crippen LogP) is 4.56. The van der Waals surface area contributed by atoms with Crippen LogP contribution < -0.4 is 5.32 Å². The molecular weight excluding hydrogens is 296 g/mol. The molecule has 0 saturated carbocycles. The molecule has 0 unspecified atom stereocenters. The minimum absolute atomic E-state index is 0.262. The summed E-state index contributed by atoms with van der Waals surface area (Å²) in [6, 6.07) is 14.6. The van der Waals surface area contributed by atoms with Crippen LogP contribution in [0.25, 0.3) is 22.8 Å². The molecule has 2 aliphatic carbocycles. The summed E-state index contributed by atoms with van der Waals surface area (Å²) in [4.78, 5) is 12.1. The van der Waals surface area contributed by atoms with Crippen LogP contribution in [0.3, 0.4) is 0 Å². The Hall–Kier alpha value is -3.01. The average Bonchev–Trinajstić information content (AvgIpc) is 2.87. The van der Waals surface area contributed by atoms with E-state index in [0.29, 0.717) is 22.4 Å². The normalized spacial score (nSPS) is 15.0. The molecule has 0 bridgehead atoms. The zero-order valence-corrected chi connectivity index (χ0v) is 11.9. The first-order chi connectivity index (χ1) is 11.1. The maximum atomic E-state index is 14.6. The highest BCUT2D eigenvalue weighted by Gasteiger charge is 2.25. The van der Waals surface area contributed by atoms with Gasteiger partial charge in [0.15, 0.2) is 0 Å². The third kappa shape index (κ3) is 2.19. The van der Waals surface area contributed by atoms with Gasteiger partial charge in [-0.2, -0.15) is 0 Å². The maximum Gasteiger partial charge on any atom is 0.256 e. The van der Waals surface area contributed by atoms with Crippen LogP contribution in [-0.4, -0.2) is 5.91 Å². The van der Waals surface area contributed by atoms with Gasteiger partial charge in [-0.05, 0) is 35.9 Å². The lowest BCUT2D eigenvalue weighted by atomic mass is 10.0. The SMILES string of the molecule is O=C1Nc2ccc(F)cc2C1=Cc1cc2cccccc-2c1F. The molecule has 2 nitrogen and oxygen atoms in total. The number of fused-ring (bicyclic) bond motifs is 2. The molecule has 23 heavy (non-hydrogen) atoms. The second-order valence-corrected chi connectivity index (χ2v) is 5.40. The van der Waals surface area contributed by atoms with Crippen molar-refractivity contribution in [3.63, 3.8) is 0 Å². The first-order valence-electron chi connectivity index (χ1n) is 7.14. The molecule has 1 aliphatic heterocycles. The van der Waals surface area contributed by atoms with E-state index in [4.69, 9.17) is 0 Å². The zero-order valence-electron chi connectivity index (χ0n) is 11.9. The Morgan fingerprint density at radius 1 is 0.913 bits per heavy atom. The van der Waals surface area contributed by atoms with Crippen molar-refractivity contribution >= 4 is 23.2 Å². The van der Waals surface area contributed by atoms with Crippen LogP contribution in [0.1, 0.15) is 11.1 Å². The third-order valence-electron chi connectivity index (χ3n) is 3.94. The fourth-order valence-electron chi connectivity index (χ4n) is 2.84. The van der Waals surface area contributed by atoms with Gasteiger partial charge in [-0.1, -0.05) is 30.3 Å². The van der Waals surface area contributed by atoms with Gasteiger partial charge in [0.25, 0.3) is 5.91 Å². The molecule has 4 heteroatoms. The van der Waals surface area contributed by atoms with Crippen LogP contribution in [-0.2, 0) is 4.79 Å². The van der Waals surface area contributed by atoms with Crippen molar-refractivity contribution in [3.05, 3.63) is 77.4 Å². The van der Waals surface area contributed by atoms with Crippen LogP contribution in [0.4, 0.5) is 14.5 Å². The molecule has 1 aromatic carbocycles. The molecule has 0 atom stereocenters. The van der Waals surface area contributed by atoms with Gasteiger partial charge in [-0.25, -0.2) is 8.78 Å². The van der Waals surface area contributed by atoms with E-state index in [9.17, 15) is 13.6 Å². The number of carbonyl (C=O) groups excluding carboxylic acids is 1. The maximum absolute atomic E-state index is 14.6. The molecule has 0 saturated heterocycles. The van der Waals surface area contributed by atoms with Crippen molar-refractivity contribution in [1.82, 2.24) is 0 Å². The van der Waals surface area contributed by atoms with Crippen LogP contribution in [0.5, 0.6) is 0 Å². The van der Waals surface area contributed by atoms with Gasteiger partial charge in [0.1, 0.15) is 11.6 Å². The molecule has 0 fully saturated rings. The Kier molecular flexibility index (Phi) is 2.98. The Morgan fingerprint density at radius 3 is 2.61 bits per heavy atom. The van der Waals surface area contributed by atoms with Gasteiger partial charge in [-0.3, -0.25) is 4.79 Å². The van der Waals surface area contributed by atoms with Crippen LogP contribution in [0, 0.1) is 11.6 Å². The number of rotatable bonds is 1. The van der Waals surface area contributed by atoms with Gasteiger partial charge in [0, 0.05) is 28.0 Å². The summed E-state index contributed by atoms with van der Waals surface area (Å²) in [7, 11) is 0. The lowest BCUT2D eigenvalue weighted by Crippen LogP contribution is -2.03. The van der Waals surface area contributed by atoms with E-state index >= 15 is 0 Å². The quantitative estimate of drug-likeness (QED) is 0.656. The number of hydrogen-bond donors (Lipinski definition) is 1. The molecular formula is C19H11F2NO. The van der Waals surface area contributed by atoms with Gasteiger partial charge in [0.2, 0.25) is 0 Å². The van der Waals surface area contributed by atoms with Crippen molar-refractivity contribution in [3.8, 4) is 11.1 Å². The Bertz CT molecular complexity index is 946. The van der Waals surface area contributed by atoms with Crippen LogP contribution in [0.15, 0.2) is 54.6 Å². The summed E-state index contributed by atoms with van der Waals surface area (Å²) in [5.74, 6) is -1.19. The van der Waals surface area contributed by atoms with Gasteiger partial charge < -0.3 is 5.32 Å². The number of anilines is 1. The van der Waals surface area contributed by atoms with E-state index in [2.05, 4.69) is 5.32 Å². The number of amides is 1. The van der Waals surface area contributed by atoms with Crippen molar-refractivity contribution in [2.75, 3.05) is 5.32 Å². The van der Waals surface area contributed by atoms with Crippen molar-refractivity contribution in [2.24, 2.45) is 0 Å². The largest absolute Gasteiger partial charge is 0.321 e. The minimum Gasteiger partial charge on any atom is -0.321 e. The first kappa shape index (κ1) is 13.6. The Morgan fingerprint density at radius 2 is 1.74 bits per heavy atom. The number of nitrogens with one attached hydrogen (secondary N) is 1. The summed E-state index contributed by atoms with van der Waals surface area (Å²) >= 11 is 0. The summed E-state index contributed by atoms with van der Waals surface area (Å²) in [5.41, 5.74) is 2.79. The van der Waals surface area contributed by atoms with Gasteiger partial charge in [-0.15, -0.1) is 0 Å².